The van der Waals surface area contributed by atoms with Crippen LogP contribution in [0.4, 0.5) is 0 Å². The summed E-state index contributed by atoms with van der Waals surface area (Å²) in [7, 11) is 0. The summed E-state index contributed by atoms with van der Waals surface area (Å²) in [5, 5.41) is 0. The molecule has 0 radical (unpaired) electrons. The molecule has 0 spiro atoms. The van der Waals surface area contributed by atoms with Crippen LogP contribution in [0.25, 0.3) is 0 Å². The molecule has 1 rings (SSSR count). The Labute approximate surface area is 96.3 Å². The van der Waals surface area contributed by atoms with E-state index in [4.69, 9.17) is 9.47 Å². The van der Waals surface area contributed by atoms with Gasteiger partial charge in [0.15, 0.2) is 0 Å². The Morgan fingerprint density at radius 3 is 1.44 bits per heavy atom. The summed E-state index contributed by atoms with van der Waals surface area (Å²) >= 11 is 0. The number of hydrogen-bond donors (Lipinski definition) is 0. The van der Waals surface area contributed by atoms with E-state index < -0.39 is 0 Å². The molecule has 0 unspecified atom stereocenters. The summed E-state index contributed by atoms with van der Waals surface area (Å²) in [5.74, 6) is -0.286. The zero-order valence-electron chi connectivity index (χ0n) is 10.0. The minimum atomic E-state index is -0.121. The number of ether oxygens (including phenoxy) is 2. The van der Waals surface area contributed by atoms with E-state index in [0.717, 1.165) is 25.7 Å². The standard InChI is InChI=1S/C12H20O4/c1-3-15-11(13)9-5-7-10(8-6-9)12(14)16-4-2/h9-10H,3-8H2,1-2H3/t9-,10+. The van der Waals surface area contributed by atoms with Crippen LogP contribution in [0, 0.1) is 11.8 Å². The second kappa shape index (κ2) is 6.51. The largest absolute Gasteiger partial charge is 0.466 e. The van der Waals surface area contributed by atoms with Gasteiger partial charge in [0.2, 0.25) is 0 Å². The summed E-state index contributed by atoms with van der Waals surface area (Å²) in [6, 6.07) is 0. The third-order valence-electron chi connectivity index (χ3n) is 2.97. The molecule has 1 aliphatic rings. The molecular formula is C12H20O4. The fourth-order valence-electron chi connectivity index (χ4n) is 2.09. The maximum atomic E-state index is 11.5. The molecule has 0 aromatic heterocycles. The zero-order chi connectivity index (χ0) is 12.0. The van der Waals surface area contributed by atoms with Crippen molar-refractivity contribution in [2.45, 2.75) is 39.5 Å². The summed E-state index contributed by atoms with van der Waals surface area (Å²) < 4.78 is 9.94. The van der Waals surface area contributed by atoms with Gasteiger partial charge >= 0.3 is 11.9 Å². The highest BCUT2D eigenvalue weighted by molar-refractivity contribution is 5.75. The number of rotatable bonds is 4. The lowest BCUT2D eigenvalue weighted by Gasteiger charge is -2.25. The van der Waals surface area contributed by atoms with Crippen molar-refractivity contribution >= 4 is 11.9 Å². The van der Waals surface area contributed by atoms with Gasteiger partial charge in [0.1, 0.15) is 0 Å². The Hall–Kier alpha value is -1.06. The lowest BCUT2D eigenvalue weighted by Crippen LogP contribution is -2.28. The number of esters is 2. The van der Waals surface area contributed by atoms with Crippen molar-refractivity contribution in [3.63, 3.8) is 0 Å². The molecule has 0 atom stereocenters. The van der Waals surface area contributed by atoms with Crippen molar-refractivity contribution in [1.82, 2.24) is 0 Å². The molecule has 0 heterocycles. The SMILES string of the molecule is CCOC(=O)[C@H]1CC[C@@H](C(=O)OCC)CC1. The van der Waals surface area contributed by atoms with Crippen molar-refractivity contribution in [3.05, 3.63) is 0 Å². The second-order valence-corrected chi connectivity index (χ2v) is 4.05. The predicted molar refractivity (Wildman–Crippen MR) is 58.7 cm³/mol. The van der Waals surface area contributed by atoms with Gasteiger partial charge in [-0.3, -0.25) is 9.59 Å². The predicted octanol–water partition coefficient (Wildman–Crippen LogP) is 1.92. The Balaban J connectivity index is 2.33. The molecule has 4 nitrogen and oxygen atoms in total. The van der Waals surface area contributed by atoms with Gasteiger partial charge in [-0.25, -0.2) is 0 Å². The van der Waals surface area contributed by atoms with Crippen LogP contribution >= 0.6 is 0 Å². The van der Waals surface area contributed by atoms with Crippen LogP contribution in [0.3, 0.4) is 0 Å². The fourth-order valence-corrected chi connectivity index (χ4v) is 2.09. The maximum absolute atomic E-state index is 11.5. The maximum Gasteiger partial charge on any atom is 0.308 e. The van der Waals surface area contributed by atoms with Gasteiger partial charge < -0.3 is 9.47 Å². The zero-order valence-corrected chi connectivity index (χ0v) is 10.0. The molecule has 1 aliphatic carbocycles. The average Bonchev–Trinajstić information content (AvgIpc) is 2.30. The molecule has 1 fully saturated rings. The van der Waals surface area contributed by atoms with E-state index in [-0.39, 0.29) is 23.8 Å². The molecular weight excluding hydrogens is 208 g/mol. The molecule has 0 saturated heterocycles. The first-order valence-corrected chi connectivity index (χ1v) is 6.02. The van der Waals surface area contributed by atoms with Gasteiger partial charge in [-0.15, -0.1) is 0 Å². The number of carbonyl (C=O) groups is 2. The Morgan fingerprint density at radius 2 is 1.19 bits per heavy atom. The van der Waals surface area contributed by atoms with Crippen molar-refractivity contribution in [3.8, 4) is 0 Å². The quantitative estimate of drug-likeness (QED) is 0.690. The van der Waals surface area contributed by atoms with E-state index in [0.29, 0.717) is 13.2 Å². The van der Waals surface area contributed by atoms with Gasteiger partial charge in [-0.2, -0.15) is 0 Å². The van der Waals surface area contributed by atoms with E-state index in [2.05, 4.69) is 0 Å². The highest BCUT2D eigenvalue weighted by Gasteiger charge is 2.31. The van der Waals surface area contributed by atoms with Crippen LogP contribution in [0.1, 0.15) is 39.5 Å². The summed E-state index contributed by atoms with van der Waals surface area (Å²) in [5.41, 5.74) is 0. The van der Waals surface area contributed by atoms with Crippen LogP contribution in [0.5, 0.6) is 0 Å². The third-order valence-corrected chi connectivity index (χ3v) is 2.97. The normalized spacial score (nSPS) is 24.9. The Bertz CT molecular complexity index is 215. The van der Waals surface area contributed by atoms with Gasteiger partial charge in [0.25, 0.3) is 0 Å². The van der Waals surface area contributed by atoms with Gasteiger partial charge in [0.05, 0.1) is 25.0 Å². The highest BCUT2D eigenvalue weighted by Crippen LogP contribution is 2.30. The molecule has 16 heavy (non-hydrogen) atoms. The van der Waals surface area contributed by atoms with Crippen molar-refractivity contribution in [2.24, 2.45) is 11.8 Å². The first kappa shape index (κ1) is 13.0. The van der Waals surface area contributed by atoms with Crippen LogP contribution in [-0.2, 0) is 19.1 Å². The average molecular weight is 228 g/mol. The Morgan fingerprint density at radius 1 is 0.875 bits per heavy atom. The van der Waals surface area contributed by atoms with Gasteiger partial charge in [-0.05, 0) is 39.5 Å². The molecule has 0 aromatic rings. The first-order chi connectivity index (χ1) is 7.69. The van der Waals surface area contributed by atoms with E-state index in [1.165, 1.54) is 0 Å². The molecule has 0 N–H and O–H groups in total. The molecule has 0 aromatic carbocycles. The number of carbonyl (C=O) groups excluding carboxylic acids is 2. The van der Waals surface area contributed by atoms with Gasteiger partial charge in [-0.1, -0.05) is 0 Å². The lowest BCUT2D eigenvalue weighted by molar-refractivity contribution is -0.154. The number of hydrogen-bond acceptors (Lipinski definition) is 4. The monoisotopic (exact) mass is 228 g/mol. The minimum Gasteiger partial charge on any atom is -0.466 e. The molecule has 92 valence electrons. The first-order valence-electron chi connectivity index (χ1n) is 6.02. The molecule has 0 bridgehead atoms. The summed E-state index contributed by atoms with van der Waals surface area (Å²) in [4.78, 5) is 22.9. The van der Waals surface area contributed by atoms with E-state index in [1.807, 2.05) is 13.8 Å². The smallest absolute Gasteiger partial charge is 0.308 e. The van der Waals surface area contributed by atoms with Crippen LogP contribution in [0.15, 0.2) is 0 Å². The second-order valence-electron chi connectivity index (χ2n) is 4.05. The van der Waals surface area contributed by atoms with Crippen LogP contribution < -0.4 is 0 Å². The molecule has 4 heteroatoms. The van der Waals surface area contributed by atoms with Crippen molar-refractivity contribution < 1.29 is 19.1 Å². The van der Waals surface area contributed by atoms with E-state index >= 15 is 0 Å². The summed E-state index contributed by atoms with van der Waals surface area (Å²) in [6.07, 6.45) is 2.95. The summed E-state index contributed by atoms with van der Waals surface area (Å²) in [6.45, 7) is 4.47. The third kappa shape index (κ3) is 3.51. The topological polar surface area (TPSA) is 52.6 Å². The van der Waals surface area contributed by atoms with Crippen molar-refractivity contribution in [2.75, 3.05) is 13.2 Å². The van der Waals surface area contributed by atoms with E-state index in [9.17, 15) is 9.59 Å². The van der Waals surface area contributed by atoms with Crippen LogP contribution in [0.2, 0.25) is 0 Å². The molecule has 0 amide bonds. The highest BCUT2D eigenvalue weighted by atomic mass is 16.5. The fraction of sp³-hybridized carbons (Fsp3) is 0.833. The molecule has 0 aliphatic heterocycles. The van der Waals surface area contributed by atoms with Crippen molar-refractivity contribution in [1.29, 1.82) is 0 Å². The minimum absolute atomic E-state index is 0.0226. The van der Waals surface area contributed by atoms with Gasteiger partial charge in [0, 0.05) is 0 Å². The Kier molecular flexibility index (Phi) is 5.29. The lowest BCUT2D eigenvalue weighted by atomic mass is 9.82. The molecule has 1 saturated carbocycles. The van der Waals surface area contributed by atoms with E-state index in [1.54, 1.807) is 0 Å². The van der Waals surface area contributed by atoms with Crippen LogP contribution in [-0.4, -0.2) is 25.2 Å².